The van der Waals surface area contributed by atoms with E-state index in [0.29, 0.717) is 34.6 Å². The van der Waals surface area contributed by atoms with Crippen LogP contribution in [0.3, 0.4) is 0 Å². The van der Waals surface area contributed by atoms with E-state index in [1.807, 2.05) is 38.2 Å². The number of aryl methyl sites for hydroxylation is 2. The molecule has 0 amide bonds. The predicted octanol–water partition coefficient (Wildman–Crippen LogP) is 1.95. The molecule has 1 aromatic carbocycles. The molecule has 0 saturated heterocycles. The van der Waals surface area contributed by atoms with Crippen molar-refractivity contribution in [2.75, 3.05) is 0 Å². The Balaban J connectivity index is 1.67. The third kappa shape index (κ3) is 2.49. The van der Waals surface area contributed by atoms with E-state index in [9.17, 15) is 0 Å². The number of benzene rings is 1. The molecule has 134 valence electrons. The largest absolute Gasteiger partial charge is 0.468 e. The lowest BCUT2D eigenvalue weighted by Crippen LogP contribution is -2.06. The molecular weight excluding hydrogens is 348 g/mol. The molecule has 0 aliphatic heterocycles. The Labute approximate surface area is 152 Å². The van der Waals surface area contributed by atoms with E-state index in [1.54, 1.807) is 21.5 Å². The van der Waals surface area contributed by atoms with Gasteiger partial charge in [0, 0.05) is 23.9 Å². The van der Waals surface area contributed by atoms with Crippen molar-refractivity contribution in [1.82, 2.24) is 39.7 Å². The molecule has 0 atom stereocenters. The normalized spacial score (nSPS) is 11.5. The van der Waals surface area contributed by atoms with Gasteiger partial charge in [-0.3, -0.25) is 0 Å². The molecule has 0 fully saturated rings. The highest BCUT2D eigenvalue weighted by atomic mass is 16.5. The molecule has 4 heterocycles. The summed E-state index contributed by atoms with van der Waals surface area (Å²) < 4.78 is 14.5. The topological polar surface area (TPSA) is 109 Å². The Morgan fingerprint density at radius 3 is 2.70 bits per heavy atom. The first-order valence-electron chi connectivity index (χ1n) is 8.24. The number of fused-ring (bicyclic) bond motifs is 3. The monoisotopic (exact) mass is 362 g/mol. The summed E-state index contributed by atoms with van der Waals surface area (Å²) in [6, 6.07) is 9.53. The van der Waals surface area contributed by atoms with Crippen LogP contribution in [-0.4, -0.2) is 39.7 Å². The first-order chi connectivity index (χ1) is 13.2. The molecule has 0 radical (unpaired) electrons. The van der Waals surface area contributed by atoms with E-state index >= 15 is 0 Å². The van der Waals surface area contributed by atoms with Crippen LogP contribution in [0.2, 0.25) is 0 Å². The van der Waals surface area contributed by atoms with Crippen molar-refractivity contribution in [3.8, 4) is 17.4 Å². The van der Waals surface area contributed by atoms with Crippen LogP contribution in [0.15, 0.2) is 41.2 Å². The van der Waals surface area contributed by atoms with Crippen molar-refractivity contribution in [2.45, 2.75) is 13.5 Å². The molecule has 0 saturated carbocycles. The third-order valence-electron chi connectivity index (χ3n) is 4.23. The molecule has 5 aromatic rings. The number of ether oxygens (including phenoxy) is 1. The Morgan fingerprint density at radius 1 is 1.11 bits per heavy atom. The zero-order valence-corrected chi connectivity index (χ0v) is 14.6. The highest BCUT2D eigenvalue weighted by molar-refractivity contribution is 5.96. The van der Waals surface area contributed by atoms with E-state index in [0.717, 1.165) is 10.8 Å². The Kier molecular flexibility index (Phi) is 3.35. The summed E-state index contributed by atoms with van der Waals surface area (Å²) in [5, 5.41) is 26.8. The molecule has 0 N–H and O–H groups in total. The second-order valence-corrected chi connectivity index (χ2v) is 6.08. The minimum Gasteiger partial charge on any atom is -0.468 e. The van der Waals surface area contributed by atoms with Crippen molar-refractivity contribution >= 4 is 16.4 Å². The van der Waals surface area contributed by atoms with Crippen LogP contribution >= 0.6 is 0 Å². The van der Waals surface area contributed by atoms with Gasteiger partial charge in [-0.15, -0.1) is 25.5 Å². The fourth-order valence-electron chi connectivity index (χ4n) is 2.86. The van der Waals surface area contributed by atoms with Crippen LogP contribution in [0, 0.1) is 6.92 Å². The SMILES string of the molecule is Cc1cc(-c2nnc3c4ccccc4c(OCc4nncn4C)nn23)no1. The molecule has 27 heavy (non-hydrogen) atoms. The molecule has 0 unspecified atom stereocenters. The number of nitrogens with zero attached hydrogens (tertiary/aromatic N) is 8. The molecular formula is C17H14N8O2. The van der Waals surface area contributed by atoms with Gasteiger partial charge in [0.1, 0.15) is 18.7 Å². The van der Waals surface area contributed by atoms with Gasteiger partial charge in [0.05, 0.1) is 0 Å². The van der Waals surface area contributed by atoms with E-state index in [2.05, 4.69) is 30.7 Å². The summed E-state index contributed by atoms with van der Waals surface area (Å²) in [7, 11) is 1.86. The average Bonchev–Trinajstić information content (AvgIpc) is 3.39. The van der Waals surface area contributed by atoms with Crippen molar-refractivity contribution in [1.29, 1.82) is 0 Å². The zero-order chi connectivity index (χ0) is 18.4. The van der Waals surface area contributed by atoms with Crippen molar-refractivity contribution in [2.24, 2.45) is 7.05 Å². The van der Waals surface area contributed by atoms with E-state index in [-0.39, 0.29) is 6.61 Å². The number of hydrogen-bond acceptors (Lipinski definition) is 8. The lowest BCUT2D eigenvalue weighted by atomic mass is 10.2. The van der Waals surface area contributed by atoms with Crippen molar-refractivity contribution in [3.63, 3.8) is 0 Å². The molecule has 0 spiro atoms. The second-order valence-electron chi connectivity index (χ2n) is 6.08. The van der Waals surface area contributed by atoms with Gasteiger partial charge in [-0.2, -0.15) is 4.52 Å². The first-order valence-corrected chi connectivity index (χ1v) is 8.24. The maximum Gasteiger partial charge on any atom is 0.240 e. The van der Waals surface area contributed by atoms with Crippen LogP contribution in [0.5, 0.6) is 5.88 Å². The maximum absolute atomic E-state index is 5.96. The number of aromatic nitrogens is 8. The lowest BCUT2D eigenvalue weighted by Gasteiger charge is -2.09. The maximum atomic E-state index is 5.96. The lowest BCUT2D eigenvalue weighted by molar-refractivity contribution is 0.279. The summed E-state index contributed by atoms with van der Waals surface area (Å²) in [4.78, 5) is 0. The van der Waals surface area contributed by atoms with Crippen LogP contribution in [0.4, 0.5) is 0 Å². The van der Waals surface area contributed by atoms with Gasteiger partial charge >= 0.3 is 0 Å². The zero-order valence-electron chi connectivity index (χ0n) is 14.6. The van der Waals surface area contributed by atoms with E-state index in [4.69, 9.17) is 9.26 Å². The number of rotatable bonds is 4. The summed E-state index contributed by atoms with van der Waals surface area (Å²) in [6.45, 7) is 2.05. The molecule has 0 aliphatic carbocycles. The van der Waals surface area contributed by atoms with E-state index < -0.39 is 0 Å². The quantitative estimate of drug-likeness (QED) is 0.477. The average molecular weight is 362 g/mol. The molecule has 10 heteroatoms. The van der Waals surface area contributed by atoms with Gasteiger partial charge in [-0.1, -0.05) is 23.4 Å². The van der Waals surface area contributed by atoms with Gasteiger partial charge < -0.3 is 13.8 Å². The van der Waals surface area contributed by atoms with E-state index in [1.165, 1.54) is 0 Å². The van der Waals surface area contributed by atoms with Gasteiger partial charge in [-0.05, 0) is 13.0 Å². The van der Waals surface area contributed by atoms with Gasteiger partial charge in [0.15, 0.2) is 17.2 Å². The fourth-order valence-corrected chi connectivity index (χ4v) is 2.86. The van der Waals surface area contributed by atoms with Gasteiger partial charge in [-0.25, -0.2) is 0 Å². The van der Waals surface area contributed by atoms with Crippen molar-refractivity contribution in [3.05, 3.63) is 48.2 Å². The van der Waals surface area contributed by atoms with Crippen LogP contribution < -0.4 is 4.74 Å². The smallest absolute Gasteiger partial charge is 0.240 e. The molecule has 5 rings (SSSR count). The molecule has 10 nitrogen and oxygen atoms in total. The minimum absolute atomic E-state index is 0.236. The van der Waals surface area contributed by atoms with Gasteiger partial charge in [0.25, 0.3) is 0 Å². The van der Waals surface area contributed by atoms with Crippen LogP contribution in [0.25, 0.3) is 27.9 Å². The molecule has 0 aliphatic rings. The standard InChI is InChI=1S/C17H14N8O2/c1-10-7-13(23-27-10)16-21-20-15-11-5-3-4-6-12(11)17(22-25(15)16)26-8-14-19-18-9-24(14)2/h3-7,9H,8H2,1-2H3. The predicted molar refractivity (Wildman–Crippen MR) is 93.9 cm³/mol. The third-order valence-corrected chi connectivity index (χ3v) is 4.23. The summed E-state index contributed by atoms with van der Waals surface area (Å²) in [6.07, 6.45) is 1.62. The Morgan fingerprint density at radius 2 is 1.96 bits per heavy atom. The molecule has 0 bridgehead atoms. The minimum atomic E-state index is 0.236. The summed E-state index contributed by atoms with van der Waals surface area (Å²) in [5.74, 6) is 2.30. The van der Waals surface area contributed by atoms with Gasteiger partial charge in [0.2, 0.25) is 11.7 Å². The number of hydrogen-bond donors (Lipinski definition) is 0. The Bertz CT molecular complexity index is 1270. The fraction of sp³-hybridized carbons (Fsp3) is 0.176. The first kappa shape index (κ1) is 15.4. The highest BCUT2D eigenvalue weighted by Crippen LogP contribution is 2.29. The highest BCUT2D eigenvalue weighted by Gasteiger charge is 2.18. The van der Waals surface area contributed by atoms with Crippen molar-refractivity contribution < 1.29 is 9.26 Å². The summed E-state index contributed by atoms with van der Waals surface area (Å²) >= 11 is 0. The van der Waals surface area contributed by atoms with Crippen LogP contribution in [0.1, 0.15) is 11.6 Å². The Hall–Kier alpha value is -3.82. The summed E-state index contributed by atoms with van der Waals surface area (Å²) in [5.41, 5.74) is 1.18. The van der Waals surface area contributed by atoms with Crippen LogP contribution in [-0.2, 0) is 13.7 Å². The second kappa shape index (κ2) is 5.87. The molecule has 4 aromatic heterocycles.